The lowest BCUT2D eigenvalue weighted by atomic mass is 10.0. The molecular weight excluding hydrogens is 452 g/mol. The molecule has 1 saturated heterocycles. The van der Waals surface area contributed by atoms with Gasteiger partial charge in [0.25, 0.3) is 5.91 Å². The summed E-state index contributed by atoms with van der Waals surface area (Å²) in [6.45, 7) is 4.50. The van der Waals surface area contributed by atoms with Gasteiger partial charge in [-0.05, 0) is 54.7 Å². The quantitative estimate of drug-likeness (QED) is 0.594. The number of anilines is 1. The van der Waals surface area contributed by atoms with E-state index in [2.05, 4.69) is 19.2 Å². The predicted molar refractivity (Wildman–Crippen MR) is 124 cm³/mol. The molecule has 172 valence electrons. The number of carbonyl (C=O) groups excluding carboxylic acids is 2. The van der Waals surface area contributed by atoms with Crippen LogP contribution in [0.2, 0.25) is 5.02 Å². The fraction of sp³-hybridized carbons (Fsp3) is 0.391. The summed E-state index contributed by atoms with van der Waals surface area (Å²) in [6.07, 6.45) is 2.55. The molecule has 0 unspecified atom stereocenters. The Morgan fingerprint density at radius 1 is 1.06 bits per heavy atom. The average Bonchev–Trinajstić information content (AvgIpc) is 2.78. The van der Waals surface area contributed by atoms with Crippen molar-refractivity contribution in [2.24, 2.45) is 0 Å². The SMILES string of the molecule is CC(C)c1ccc(NC(=O)COC(=O)c2ccc(Cl)c(S(=O)(=O)N3CCCCC3)c2)cc1. The van der Waals surface area contributed by atoms with E-state index >= 15 is 0 Å². The molecule has 0 aromatic heterocycles. The van der Waals surface area contributed by atoms with Crippen LogP contribution < -0.4 is 5.32 Å². The van der Waals surface area contributed by atoms with Crippen LogP contribution in [0.3, 0.4) is 0 Å². The van der Waals surface area contributed by atoms with Gasteiger partial charge in [0, 0.05) is 18.8 Å². The molecule has 0 atom stereocenters. The minimum atomic E-state index is -3.82. The van der Waals surface area contributed by atoms with Gasteiger partial charge in [-0.2, -0.15) is 4.31 Å². The molecule has 32 heavy (non-hydrogen) atoms. The van der Waals surface area contributed by atoms with Crippen LogP contribution in [0.15, 0.2) is 47.4 Å². The third-order valence-corrected chi connectivity index (χ3v) is 7.68. The van der Waals surface area contributed by atoms with E-state index in [0.29, 0.717) is 24.7 Å². The molecule has 1 heterocycles. The second kappa shape index (κ2) is 10.5. The Balaban J connectivity index is 1.63. The van der Waals surface area contributed by atoms with Crippen molar-refractivity contribution in [2.75, 3.05) is 25.0 Å². The van der Waals surface area contributed by atoms with E-state index in [9.17, 15) is 18.0 Å². The number of ether oxygens (including phenoxy) is 1. The molecular formula is C23H27ClN2O5S. The standard InChI is InChI=1S/C23H27ClN2O5S/c1-16(2)17-6-9-19(10-7-17)25-22(27)15-31-23(28)18-8-11-20(24)21(14-18)32(29,30)26-12-4-3-5-13-26/h6-11,14,16H,3-5,12-13,15H2,1-2H3,(H,25,27). The Labute approximate surface area is 193 Å². The largest absolute Gasteiger partial charge is 0.452 e. The number of carbonyl (C=O) groups is 2. The smallest absolute Gasteiger partial charge is 0.338 e. The summed E-state index contributed by atoms with van der Waals surface area (Å²) in [6, 6.07) is 11.3. The van der Waals surface area contributed by atoms with Gasteiger partial charge in [-0.1, -0.05) is 44.0 Å². The third-order valence-electron chi connectivity index (χ3n) is 5.30. The summed E-state index contributed by atoms with van der Waals surface area (Å²) in [7, 11) is -3.82. The Morgan fingerprint density at radius 2 is 1.72 bits per heavy atom. The van der Waals surface area contributed by atoms with Gasteiger partial charge in [-0.15, -0.1) is 0 Å². The molecule has 9 heteroatoms. The molecule has 3 rings (SSSR count). The number of rotatable bonds is 7. The van der Waals surface area contributed by atoms with E-state index in [0.717, 1.165) is 24.8 Å². The summed E-state index contributed by atoms with van der Waals surface area (Å²) in [5, 5.41) is 2.70. The highest BCUT2D eigenvalue weighted by atomic mass is 35.5. The van der Waals surface area contributed by atoms with Gasteiger partial charge in [0.2, 0.25) is 10.0 Å². The molecule has 7 nitrogen and oxygen atoms in total. The summed E-state index contributed by atoms with van der Waals surface area (Å²) < 4.78 is 32.3. The lowest BCUT2D eigenvalue weighted by molar-refractivity contribution is -0.119. The maximum absolute atomic E-state index is 12.9. The maximum atomic E-state index is 12.9. The number of sulfonamides is 1. The van der Waals surface area contributed by atoms with Crippen molar-refractivity contribution >= 4 is 39.2 Å². The van der Waals surface area contributed by atoms with E-state index in [-0.39, 0.29) is 15.5 Å². The predicted octanol–water partition coefficient (Wildman–Crippen LogP) is 4.43. The normalized spacial score (nSPS) is 14.9. The van der Waals surface area contributed by atoms with Crippen LogP contribution in [0.1, 0.15) is 54.9 Å². The van der Waals surface area contributed by atoms with E-state index < -0.39 is 28.5 Å². The van der Waals surface area contributed by atoms with Crippen LogP contribution >= 0.6 is 11.6 Å². The molecule has 2 aromatic carbocycles. The molecule has 0 spiro atoms. The first kappa shape index (κ1) is 24.2. The zero-order valence-corrected chi connectivity index (χ0v) is 19.7. The Kier molecular flexibility index (Phi) is 7.92. The maximum Gasteiger partial charge on any atom is 0.338 e. The molecule has 1 aliphatic rings. The zero-order valence-electron chi connectivity index (χ0n) is 18.1. The van der Waals surface area contributed by atoms with Crippen LogP contribution in [0, 0.1) is 0 Å². The molecule has 1 amide bonds. The highest BCUT2D eigenvalue weighted by molar-refractivity contribution is 7.89. The topological polar surface area (TPSA) is 92.8 Å². The minimum Gasteiger partial charge on any atom is -0.452 e. The summed E-state index contributed by atoms with van der Waals surface area (Å²) in [5.41, 5.74) is 1.75. The van der Waals surface area contributed by atoms with Crippen LogP contribution in [-0.2, 0) is 19.6 Å². The van der Waals surface area contributed by atoms with Crippen molar-refractivity contribution in [1.82, 2.24) is 4.31 Å². The highest BCUT2D eigenvalue weighted by Gasteiger charge is 2.29. The fourth-order valence-electron chi connectivity index (χ4n) is 3.44. The lowest BCUT2D eigenvalue weighted by Crippen LogP contribution is -2.35. The van der Waals surface area contributed by atoms with Crippen molar-refractivity contribution in [1.29, 1.82) is 0 Å². The van der Waals surface area contributed by atoms with E-state index in [1.807, 2.05) is 12.1 Å². The molecule has 1 N–H and O–H groups in total. The van der Waals surface area contributed by atoms with Crippen molar-refractivity contribution in [3.8, 4) is 0 Å². The highest BCUT2D eigenvalue weighted by Crippen LogP contribution is 2.28. The Hall–Kier alpha value is -2.42. The number of nitrogens with one attached hydrogen (secondary N) is 1. The minimum absolute atomic E-state index is 0.0130. The van der Waals surface area contributed by atoms with Gasteiger partial charge in [0.15, 0.2) is 6.61 Å². The molecule has 2 aromatic rings. The monoisotopic (exact) mass is 478 g/mol. The van der Waals surface area contributed by atoms with Gasteiger partial charge in [0.05, 0.1) is 10.6 Å². The van der Waals surface area contributed by atoms with Crippen molar-refractivity contribution in [3.63, 3.8) is 0 Å². The average molecular weight is 479 g/mol. The number of halogens is 1. The molecule has 1 fully saturated rings. The lowest BCUT2D eigenvalue weighted by Gasteiger charge is -2.26. The van der Waals surface area contributed by atoms with Crippen molar-refractivity contribution < 1.29 is 22.7 Å². The second-order valence-corrected chi connectivity index (χ2v) is 10.3. The summed E-state index contributed by atoms with van der Waals surface area (Å²) in [5.74, 6) is -0.920. The first-order valence-corrected chi connectivity index (χ1v) is 12.4. The van der Waals surface area contributed by atoms with Gasteiger partial charge in [-0.25, -0.2) is 13.2 Å². The summed E-state index contributed by atoms with van der Waals surface area (Å²) in [4.78, 5) is 24.4. The van der Waals surface area contributed by atoms with Crippen LogP contribution in [0.25, 0.3) is 0 Å². The number of esters is 1. The van der Waals surface area contributed by atoms with E-state index in [1.54, 1.807) is 12.1 Å². The van der Waals surface area contributed by atoms with Crippen LogP contribution in [-0.4, -0.2) is 44.3 Å². The Morgan fingerprint density at radius 3 is 2.34 bits per heavy atom. The third kappa shape index (κ3) is 5.88. The molecule has 0 saturated carbocycles. The van der Waals surface area contributed by atoms with Gasteiger partial charge < -0.3 is 10.1 Å². The molecule has 1 aliphatic heterocycles. The first-order valence-electron chi connectivity index (χ1n) is 10.5. The number of hydrogen-bond acceptors (Lipinski definition) is 5. The number of benzene rings is 2. The first-order chi connectivity index (χ1) is 15.2. The molecule has 0 aliphatic carbocycles. The van der Waals surface area contributed by atoms with Crippen molar-refractivity contribution in [3.05, 3.63) is 58.6 Å². The zero-order chi connectivity index (χ0) is 23.3. The fourth-order valence-corrected chi connectivity index (χ4v) is 5.45. The van der Waals surface area contributed by atoms with Gasteiger partial charge in [0.1, 0.15) is 4.90 Å². The van der Waals surface area contributed by atoms with Crippen LogP contribution in [0.5, 0.6) is 0 Å². The van der Waals surface area contributed by atoms with Gasteiger partial charge in [-0.3, -0.25) is 4.79 Å². The van der Waals surface area contributed by atoms with E-state index in [4.69, 9.17) is 16.3 Å². The number of piperidine rings is 1. The number of hydrogen-bond donors (Lipinski definition) is 1. The van der Waals surface area contributed by atoms with Gasteiger partial charge >= 0.3 is 5.97 Å². The van der Waals surface area contributed by atoms with E-state index in [1.165, 1.54) is 22.5 Å². The Bertz CT molecular complexity index is 1080. The number of nitrogens with zero attached hydrogens (tertiary/aromatic N) is 1. The molecule has 0 bridgehead atoms. The second-order valence-electron chi connectivity index (χ2n) is 8.01. The van der Waals surface area contributed by atoms with Crippen molar-refractivity contribution in [2.45, 2.75) is 43.9 Å². The van der Waals surface area contributed by atoms with Crippen LogP contribution in [0.4, 0.5) is 5.69 Å². The molecule has 0 radical (unpaired) electrons. The summed E-state index contributed by atoms with van der Waals surface area (Å²) >= 11 is 6.13. The number of amides is 1.